The number of phenols is 1. The molecule has 2 aromatic rings. The van der Waals surface area contributed by atoms with Crippen molar-refractivity contribution in [1.82, 2.24) is 0 Å². The second-order valence-corrected chi connectivity index (χ2v) is 4.19. The molecule has 0 amide bonds. The van der Waals surface area contributed by atoms with Crippen LogP contribution in [0.3, 0.4) is 0 Å². The van der Waals surface area contributed by atoms with Crippen LogP contribution in [-0.4, -0.2) is 25.2 Å². The lowest BCUT2D eigenvalue weighted by molar-refractivity contribution is 0.174. The predicted molar refractivity (Wildman–Crippen MR) is 74.5 cm³/mol. The van der Waals surface area contributed by atoms with Gasteiger partial charge in [-0.05, 0) is 18.2 Å². The first-order chi connectivity index (χ1) is 9.78. The highest BCUT2D eigenvalue weighted by molar-refractivity contribution is 5.87. The van der Waals surface area contributed by atoms with E-state index >= 15 is 0 Å². The molecule has 0 saturated carbocycles. The summed E-state index contributed by atoms with van der Waals surface area (Å²) in [7, 11) is 1.58. The average Bonchev–Trinajstić information content (AvgIpc) is 2.92. The lowest BCUT2D eigenvalue weighted by atomic mass is 10.2. The van der Waals surface area contributed by atoms with Gasteiger partial charge in [-0.25, -0.2) is 0 Å². The van der Waals surface area contributed by atoms with E-state index in [1.807, 2.05) is 6.07 Å². The molecule has 1 heterocycles. The van der Waals surface area contributed by atoms with Crippen molar-refractivity contribution < 1.29 is 19.3 Å². The van der Waals surface area contributed by atoms with Crippen LogP contribution in [0.5, 0.6) is 23.0 Å². The van der Waals surface area contributed by atoms with E-state index in [0.29, 0.717) is 22.9 Å². The summed E-state index contributed by atoms with van der Waals surface area (Å²) >= 11 is 0. The highest BCUT2D eigenvalue weighted by Gasteiger charge is 2.16. The summed E-state index contributed by atoms with van der Waals surface area (Å²) in [4.78, 5) is 4.26. The third-order valence-corrected chi connectivity index (χ3v) is 2.95. The first-order valence-corrected chi connectivity index (χ1v) is 6.07. The van der Waals surface area contributed by atoms with Crippen LogP contribution in [0.2, 0.25) is 0 Å². The van der Waals surface area contributed by atoms with Crippen LogP contribution < -0.4 is 14.2 Å². The number of rotatable bonds is 3. The Morgan fingerprint density at radius 2 is 1.95 bits per heavy atom. The Bertz CT molecular complexity index is 667. The van der Waals surface area contributed by atoms with Crippen LogP contribution in [0.1, 0.15) is 5.56 Å². The van der Waals surface area contributed by atoms with Crippen LogP contribution in [0.25, 0.3) is 0 Å². The Morgan fingerprint density at radius 1 is 1.20 bits per heavy atom. The van der Waals surface area contributed by atoms with Gasteiger partial charge in [0.25, 0.3) is 0 Å². The summed E-state index contributed by atoms with van der Waals surface area (Å²) in [5.74, 6) is 2.07. The van der Waals surface area contributed by atoms with Crippen LogP contribution in [0.15, 0.2) is 41.4 Å². The fraction of sp³-hybridized carbons (Fsp3) is 0.133. The number of aromatic hydroxyl groups is 1. The van der Waals surface area contributed by atoms with Crippen LogP contribution in [0, 0.1) is 0 Å². The van der Waals surface area contributed by atoms with E-state index < -0.39 is 0 Å². The molecule has 0 atom stereocenters. The molecule has 1 aliphatic heterocycles. The van der Waals surface area contributed by atoms with Crippen molar-refractivity contribution >= 4 is 11.9 Å². The fourth-order valence-electron chi connectivity index (χ4n) is 1.93. The van der Waals surface area contributed by atoms with E-state index in [0.717, 1.165) is 5.56 Å². The molecule has 20 heavy (non-hydrogen) atoms. The van der Waals surface area contributed by atoms with Gasteiger partial charge < -0.3 is 19.3 Å². The molecule has 5 heteroatoms. The van der Waals surface area contributed by atoms with Gasteiger partial charge in [0.1, 0.15) is 17.2 Å². The molecule has 1 aliphatic rings. The molecule has 5 nitrogen and oxygen atoms in total. The molecule has 0 unspecified atom stereocenters. The molecule has 0 spiro atoms. The SMILES string of the molecule is COc1cc2c(cc1C=Nc1ccccc1O)OCO2. The summed E-state index contributed by atoms with van der Waals surface area (Å²) in [6.45, 7) is 0.207. The van der Waals surface area contributed by atoms with E-state index in [1.54, 1.807) is 43.7 Å². The van der Waals surface area contributed by atoms with Crippen LogP contribution in [0.4, 0.5) is 5.69 Å². The standard InChI is InChI=1S/C15H13NO4/c1-18-13-7-15-14(19-9-20-15)6-10(13)8-16-11-4-2-3-5-12(11)17/h2-8,17H,9H2,1H3. The Balaban J connectivity index is 1.96. The van der Waals surface area contributed by atoms with E-state index in [2.05, 4.69) is 4.99 Å². The third-order valence-electron chi connectivity index (χ3n) is 2.95. The topological polar surface area (TPSA) is 60.3 Å². The monoisotopic (exact) mass is 271 g/mol. The van der Waals surface area contributed by atoms with Gasteiger partial charge in [0, 0.05) is 17.8 Å². The molecule has 0 aliphatic carbocycles. The average molecular weight is 271 g/mol. The van der Waals surface area contributed by atoms with Gasteiger partial charge in [0.05, 0.1) is 7.11 Å². The third kappa shape index (κ3) is 2.25. The molecule has 102 valence electrons. The number of benzene rings is 2. The lowest BCUT2D eigenvalue weighted by Crippen LogP contribution is -1.92. The maximum atomic E-state index is 9.68. The van der Waals surface area contributed by atoms with Gasteiger partial charge in [0.2, 0.25) is 6.79 Å². The zero-order chi connectivity index (χ0) is 13.9. The quantitative estimate of drug-likeness (QED) is 0.872. The number of para-hydroxylation sites is 2. The number of phenolic OH excluding ortho intramolecular Hbond substituents is 1. The van der Waals surface area contributed by atoms with Gasteiger partial charge in [-0.1, -0.05) is 12.1 Å². The first kappa shape index (κ1) is 12.3. The highest BCUT2D eigenvalue weighted by Crippen LogP contribution is 2.37. The second kappa shape index (κ2) is 5.13. The van der Waals surface area contributed by atoms with E-state index in [4.69, 9.17) is 14.2 Å². The number of fused-ring (bicyclic) bond motifs is 1. The van der Waals surface area contributed by atoms with E-state index in [9.17, 15) is 5.11 Å². The molecule has 0 saturated heterocycles. The number of hydrogen-bond donors (Lipinski definition) is 1. The molecule has 0 bridgehead atoms. The molecule has 1 N–H and O–H groups in total. The Labute approximate surface area is 116 Å². The molecule has 3 rings (SSSR count). The first-order valence-electron chi connectivity index (χ1n) is 6.07. The molecule has 0 fully saturated rings. The fourth-order valence-corrected chi connectivity index (χ4v) is 1.93. The van der Waals surface area contributed by atoms with Gasteiger partial charge in [-0.2, -0.15) is 0 Å². The summed E-state index contributed by atoms with van der Waals surface area (Å²) in [6.07, 6.45) is 1.62. The summed E-state index contributed by atoms with van der Waals surface area (Å²) < 4.78 is 15.9. The summed E-state index contributed by atoms with van der Waals surface area (Å²) in [5.41, 5.74) is 1.24. The molecule has 0 radical (unpaired) electrons. The summed E-state index contributed by atoms with van der Waals surface area (Å²) in [6, 6.07) is 10.4. The minimum atomic E-state index is 0.128. The Kier molecular flexibility index (Phi) is 3.16. The molecular weight excluding hydrogens is 258 g/mol. The Hall–Kier alpha value is -2.69. The predicted octanol–water partition coefficient (Wildman–Crippen LogP) is 2.88. The molecule has 0 aromatic heterocycles. The second-order valence-electron chi connectivity index (χ2n) is 4.19. The zero-order valence-electron chi connectivity index (χ0n) is 10.9. The molecular formula is C15H13NO4. The zero-order valence-corrected chi connectivity index (χ0v) is 10.9. The minimum Gasteiger partial charge on any atom is -0.506 e. The van der Waals surface area contributed by atoms with Crippen molar-refractivity contribution in [1.29, 1.82) is 0 Å². The van der Waals surface area contributed by atoms with Crippen molar-refractivity contribution in [3.05, 3.63) is 42.0 Å². The minimum absolute atomic E-state index is 0.128. The number of nitrogens with zero attached hydrogens (tertiary/aromatic N) is 1. The van der Waals surface area contributed by atoms with Gasteiger partial charge >= 0.3 is 0 Å². The van der Waals surface area contributed by atoms with Crippen molar-refractivity contribution in [2.24, 2.45) is 4.99 Å². The Morgan fingerprint density at radius 3 is 2.70 bits per heavy atom. The van der Waals surface area contributed by atoms with Crippen LogP contribution >= 0.6 is 0 Å². The van der Waals surface area contributed by atoms with E-state index in [1.165, 1.54) is 0 Å². The van der Waals surface area contributed by atoms with Crippen molar-refractivity contribution in [3.8, 4) is 23.0 Å². The summed E-state index contributed by atoms with van der Waals surface area (Å²) in [5, 5.41) is 9.68. The number of methoxy groups -OCH3 is 1. The van der Waals surface area contributed by atoms with Gasteiger partial charge in [-0.15, -0.1) is 0 Å². The smallest absolute Gasteiger partial charge is 0.231 e. The number of hydrogen-bond acceptors (Lipinski definition) is 5. The maximum absolute atomic E-state index is 9.68. The highest BCUT2D eigenvalue weighted by atomic mass is 16.7. The lowest BCUT2D eigenvalue weighted by Gasteiger charge is -2.06. The van der Waals surface area contributed by atoms with Gasteiger partial charge in [-0.3, -0.25) is 4.99 Å². The number of aliphatic imine (C=N–C) groups is 1. The van der Waals surface area contributed by atoms with Gasteiger partial charge in [0.15, 0.2) is 11.5 Å². The maximum Gasteiger partial charge on any atom is 0.231 e. The van der Waals surface area contributed by atoms with E-state index in [-0.39, 0.29) is 12.5 Å². The van der Waals surface area contributed by atoms with Crippen LogP contribution in [-0.2, 0) is 0 Å². The largest absolute Gasteiger partial charge is 0.506 e. The number of ether oxygens (including phenoxy) is 3. The molecule has 2 aromatic carbocycles. The van der Waals surface area contributed by atoms with Crippen molar-refractivity contribution in [2.45, 2.75) is 0 Å². The normalized spacial score (nSPS) is 12.8. The van der Waals surface area contributed by atoms with Crippen molar-refractivity contribution in [3.63, 3.8) is 0 Å². The van der Waals surface area contributed by atoms with Crippen molar-refractivity contribution in [2.75, 3.05) is 13.9 Å².